The predicted octanol–water partition coefficient (Wildman–Crippen LogP) is 4.12. The van der Waals surface area contributed by atoms with E-state index in [-0.39, 0.29) is 24.0 Å². The fourth-order valence-corrected chi connectivity index (χ4v) is 4.49. The fourth-order valence-electron chi connectivity index (χ4n) is 3.51. The zero-order valence-electron chi connectivity index (χ0n) is 17.2. The Kier molecular flexibility index (Phi) is 12.5. The summed E-state index contributed by atoms with van der Waals surface area (Å²) in [6.07, 6.45) is 3.80. The number of ether oxygens (including phenoxy) is 1. The second-order valence-electron chi connectivity index (χ2n) is 7.26. The maximum atomic E-state index is 5.60. The number of rotatable bonds is 9. The topological polar surface area (TPSA) is 48.9 Å². The van der Waals surface area contributed by atoms with Crippen molar-refractivity contribution in [1.29, 1.82) is 0 Å². The molecule has 2 heterocycles. The molecule has 0 aliphatic carbocycles. The Bertz CT molecular complexity index is 524. The normalized spacial score (nSPS) is 21.1. The summed E-state index contributed by atoms with van der Waals surface area (Å²) in [4.78, 5) is 8.86. The molecule has 2 atom stereocenters. The van der Waals surface area contributed by atoms with Gasteiger partial charge in [-0.2, -0.15) is 0 Å². The van der Waals surface area contributed by atoms with Gasteiger partial charge in [0.25, 0.3) is 0 Å². The predicted molar refractivity (Wildman–Crippen MR) is 128 cm³/mol. The zero-order chi connectivity index (χ0) is 18.8. The third-order valence-corrected chi connectivity index (χ3v) is 5.68. The lowest BCUT2D eigenvalue weighted by Gasteiger charge is -2.38. The van der Waals surface area contributed by atoms with Crippen molar-refractivity contribution in [2.45, 2.75) is 52.2 Å². The molecule has 1 aromatic rings. The number of hydrogen-bond donors (Lipinski definition) is 2. The van der Waals surface area contributed by atoms with Crippen LogP contribution in [0.25, 0.3) is 0 Å². The lowest BCUT2D eigenvalue weighted by atomic mass is 9.88. The number of halogens is 1. The second-order valence-corrected chi connectivity index (χ2v) is 8.24. The van der Waals surface area contributed by atoms with E-state index in [2.05, 4.69) is 60.9 Å². The summed E-state index contributed by atoms with van der Waals surface area (Å²) >= 11 is 1.87. The molecule has 2 rings (SSSR count). The van der Waals surface area contributed by atoms with Crippen LogP contribution in [0.1, 0.15) is 51.0 Å². The first-order valence-corrected chi connectivity index (χ1v) is 10.9. The van der Waals surface area contributed by atoms with Crippen molar-refractivity contribution in [2.24, 2.45) is 10.9 Å². The van der Waals surface area contributed by atoms with Gasteiger partial charge in [-0.1, -0.05) is 6.07 Å². The van der Waals surface area contributed by atoms with E-state index in [9.17, 15) is 0 Å². The monoisotopic (exact) mass is 508 g/mol. The molecule has 0 saturated carbocycles. The third-order valence-electron chi connectivity index (χ3n) is 4.73. The first kappa shape index (κ1) is 24.7. The molecule has 1 aliphatic heterocycles. The van der Waals surface area contributed by atoms with Gasteiger partial charge in [0.05, 0.1) is 6.10 Å². The minimum atomic E-state index is 0. The lowest BCUT2D eigenvalue weighted by Crippen LogP contribution is -2.40. The van der Waals surface area contributed by atoms with Crippen LogP contribution in [0, 0.1) is 5.92 Å². The average Bonchev–Trinajstić information content (AvgIpc) is 3.13. The number of aliphatic imine (C=N–C) groups is 1. The Labute approximate surface area is 186 Å². The first-order valence-electron chi connectivity index (χ1n) is 9.99. The van der Waals surface area contributed by atoms with E-state index in [0.717, 1.165) is 38.6 Å². The first-order chi connectivity index (χ1) is 12.6. The molecule has 0 bridgehead atoms. The highest BCUT2D eigenvalue weighted by Crippen LogP contribution is 2.37. The highest BCUT2D eigenvalue weighted by Gasteiger charge is 2.31. The van der Waals surface area contributed by atoms with Crippen molar-refractivity contribution in [3.8, 4) is 0 Å². The maximum absolute atomic E-state index is 5.60. The Balaban J connectivity index is 0.00000364. The fraction of sp³-hybridized carbons (Fsp3) is 0.750. The standard InChI is InChI=1S/C20H36N4OS.HI/c1-5-21-20(22-11-8-13-25-16(2)3)23-15-17-9-6-12-24(4)19(17)18-10-7-14-26-18;/h7,10,14,16-17,19H,5-6,8-9,11-13,15H2,1-4H3,(H2,21,22,23);1H. The van der Waals surface area contributed by atoms with Crippen LogP contribution in [0.15, 0.2) is 22.5 Å². The molecule has 0 aromatic carbocycles. The molecule has 1 saturated heterocycles. The van der Waals surface area contributed by atoms with Gasteiger partial charge in [-0.15, -0.1) is 35.3 Å². The van der Waals surface area contributed by atoms with Crippen molar-refractivity contribution < 1.29 is 4.74 Å². The van der Waals surface area contributed by atoms with Gasteiger partial charge in [-0.05, 0) is 71.0 Å². The van der Waals surface area contributed by atoms with Crippen LogP contribution in [0.5, 0.6) is 0 Å². The summed E-state index contributed by atoms with van der Waals surface area (Å²) in [7, 11) is 2.25. The molecule has 156 valence electrons. The molecule has 0 radical (unpaired) electrons. The number of nitrogens with one attached hydrogen (secondary N) is 2. The number of guanidine groups is 1. The van der Waals surface area contributed by atoms with E-state index in [4.69, 9.17) is 9.73 Å². The summed E-state index contributed by atoms with van der Waals surface area (Å²) in [5.41, 5.74) is 0. The molecule has 1 fully saturated rings. The van der Waals surface area contributed by atoms with E-state index < -0.39 is 0 Å². The molecule has 0 spiro atoms. The van der Waals surface area contributed by atoms with Crippen molar-refractivity contribution in [2.75, 3.05) is 39.8 Å². The quantitative estimate of drug-likeness (QED) is 0.228. The van der Waals surface area contributed by atoms with E-state index in [0.29, 0.717) is 18.1 Å². The summed E-state index contributed by atoms with van der Waals surface area (Å²) in [6.45, 7) is 10.9. The summed E-state index contributed by atoms with van der Waals surface area (Å²) in [5, 5.41) is 9.00. The maximum Gasteiger partial charge on any atom is 0.191 e. The van der Waals surface area contributed by atoms with Crippen LogP contribution in [-0.4, -0.2) is 56.8 Å². The molecule has 2 N–H and O–H groups in total. The summed E-state index contributed by atoms with van der Waals surface area (Å²) in [5.74, 6) is 1.50. The minimum Gasteiger partial charge on any atom is -0.379 e. The minimum absolute atomic E-state index is 0. The molecule has 7 heteroatoms. The Morgan fingerprint density at radius 3 is 2.89 bits per heavy atom. The van der Waals surface area contributed by atoms with Crippen LogP contribution in [0.4, 0.5) is 0 Å². The number of piperidine rings is 1. The van der Waals surface area contributed by atoms with Crippen LogP contribution in [-0.2, 0) is 4.74 Å². The summed E-state index contributed by atoms with van der Waals surface area (Å²) in [6, 6.07) is 4.93. The highest BCUT2D eigenvalue weighted by molar-refractivity contribution is 14.0. The third kappa shape index (κ3) is 8.66. The van der Waals surface area contributed by atoms with Gasteiger partial charge in [0.15, 0.2) is 5.96 Å². The molecular formula is C20H37IN4OS. The molecule has 2 unspecified atom stereocenters. The van der Waals surface area contributed by atoms with Crippen molar-refractivity contribution in [3.05, 3.63) is 22.4 Å². The number of thiophene rings is 1. The van der Waals surface area contributed by atoms with Crippen LogP contribution < -0.4 is 10.6 Å². The van der Waals surface area contributed by atoms with Crippen LogP contribution >= 0.6 is 35.3 Å². The van der Waals surface area contributed by atoms with Crippen molar-refractivity contribution >= 4 is 41.3 Å². The largest absolute Gasteiger partial charge is 0.379 e. The van der Waals surface area contributed by atoms with Crippen molar-refractivity contribution in [3.63, 3.8) is 0 Å². The Morgan fingerprint density at radius 2 is 2.22 bits per heavy atom. The van der Waals surface area contributed by atoms with E-state index in [1.54, 1.807) is 0 Å². The molecule has 0 amide bonds. The lowest BCUT2D eigenvalue weighted by molar-refractivity contribution is 0.0776. The SMILES string of the molecule is CCNC(=NCC1CCCN(C)C1c1cccs1)NCCCOC(C)C.I. The molecular weight excluding hydrogens is 471 g/mol. The van der Waals surface area contributed by atoms with E-state index in [1.165, 1.54) is 24.3 Å². The van der Waals surface area contributed by atoms with E-state index in [1.807, 2.05) is 11.3 Å². The van der Waals surface area contributed by atoms with Crippen LogP contribution in [0.3, 0.4) is 0 Å². The second kappa shape index (κ2) is 13.7. The van der Waals surface area contributed by atoms with Crippen molar-refractivity contribution in [1.82, 2.24) is 15.5 Å². The van der Waals surface area contributed by atoms with E-state index >= 15 is 0 Å². The molecule has 5 nitrogen and oxygen atoms in total. The van der Waals surface area contributed by atoms with Gasteiger partial charge in [0.2, 0.25) is 0 Å². The molecule has 27 heavy (non-hydrogen) atoms. The van der Waals surface area contributed by atoms with Gasteiger partial charge in [0, 0.05) is 37.2 Å². The number of nitrogens with zero attached hydrogens (tertiary/aromatic N) is 2. The van der Waals surface area contributed by atoms with Gasteiger partial charge >= 0.3 is 0 Å². The molecule has 1 aliphatic rings. The van der Waals surface area contributed by atoms with Gasteiger partial charge in [0.1, 0.15) is 0 Å². The average molecular weight is 509 g/mol. The number of likely N-dealkylation sites (tertiary alicyclic amines) is 1. The van der Waals surface area contributed by atoms with Gasteiger partial charge in [-0.3, -0.25) is 9.89 Å². The van der Waals surface area contributed by atoms with Gasteiger partial charge < -0.3 is 15.4 Å². The zero-order valence-corrected chi connectivity index (χ0v) is 20.4. The Hall–Kier alpha value is -0.380. The van der Waals surface area contributed by atoms with Gasteiger partial charge in [-0.25, -0.2) is 0 Å². The smallest absolute Gasteiger partial charge is 0.191 e. The summed E-state index contributed by atoms with van der Waals surface area (Å²) < 4.78 is 5.60. The molecule has 1 aromatic heterocycles. The number of hydrogen-bond acceptors (Lipinski definition) is 4. The van der Waals surface area contributed by atoms with Crippen LogP contribution in [0.2, 0.25) is 0 Å². The highest BCUT2D eigenvalue weighted by atomic mass is 127. The Morgan fingerprint density at radius 1 is 1.41 bits per heavy atom.